The largest absolute Gasteiger partial charge is 0.495 e. The monoisotopic (exact) mass is 317 g/mol. The molecule has 120 valence electrons. The Kier molecular flexibility index (Phi) is 1.45. The van der Waals surface area contributed by atoms with Crippen LogP contribution in [0.25, 0.3) is 0 Å². The molecule has 2 fully saturated rings. The topological polar surface area (TPSA) is 34.6 Å². The van der Waals surface area contributed by atoms with Gasteiger partial charge in [-0.2, -0.15) is 0 Å². The van der Waals surface area contributed by atoms with Gasteiger partial charge in [0.2, 0.25) is 0 Å². The fourth-order valence-electron chi connectivity index (χ4n) is 1.93. The number of piperidine rings is 1. The second-order valence-corrected chi connectivity index (χ2v) is 5.98. The van der Waals surface area contributed by atoms with Crippen LogP contribution in [0.15, 0.2) is 18.3 Å². The predicted octanol–water partition coefficient (Wildman–Crippen LogP) is 2.62. The van der Waals surface area contributed by atoms with E-state index in [1.54, 1.807) is 27.7 Å². The minimum Gasteiger partial charge on any atom is -0.399 e. The zero-order valence-electron chi connectivity index (χ0n) is 27.8. The van der Waals surface area contributed by atoms with Crippen LogP contribution in [0.1, 0.15) is 67.9 Å². The Morgan fingerprint density at radius 3 is 2.86 bits per heavy atom. The Morgan fingerprint density at radius 1 is 1.45 bits per heavy atom. The molecule has 0 saturated carbocycles. The Balaban J connectivity index is 2.40. The first-order valence-electron chi connectivity index (χ1n) is 14.3. The lowest BCUT2D eigenvalue weighted by Gasteiger charge is -2.32. The van der Waals surface area contributed by atoms with Crippen molar-refractivity contribution in [3.8, 4) is 0 Å². The molecule has 0 radical (unpaired) electrons. The first kappa shape index (κ1) is 5.78. The normalized spacial score (nSPS) is 50.3. The van der Waals surface area contributed by atoms with Crippen molar-refractivity contribution in [2.24, 2.45) is 5.89 Å². The zero-order chi connectivity index (χ0) is 29.2. The highest BCUT2D eigenvalue weighted by atomic mass is 16.7. The molecule has 0 aliphatic carbocycles. The molecule has 0 spiro atoms. The first-order chi connectivity index (χ1) is 16.1. The van der Waals surface area contributed by atoms with Crippen molar-refractivity contribution in [1.82, 2.24) is 4.98 Å². The van der Waals surface area contributed by atoms with Gasteiger partial charge < -0.3 is 14.2 Å². The van der Waals surface area contributed by atoms with Crippen LogP contribution in [-0.4, -0.2) is 36.3 Å². The van der Waals surface area contributed by atoms with Gasteiger partial charge in [-0.3, -0.25) is 0 Å². The number of hydrogen-bond donors (Lipinski definition) is 0. The Hall–Kier alpha value is -1.07. The Bertz CT molecular complexity index is 1110. The van der Waals surface area contributed by atoms with Gasteiger partial charge in [0.05, 0.1) is 15.3 Å². The molecule has 0 amide bonds. The summed E-state index contributed by atoms with van der Waals surface area (Å²) in [6.07, 6.45) is -8.69. The van der Waals surface area contributed by atoms with E-state index in [1.165, 1.54) is 0 Å². The highest BCUT2D eigenvalue weighted by Gasteiger charge is 2.51. The number of nitrogens with zero attached hydrogens (tertiary/aromatic N) is 2. The molecule has 1 aromatic heterocycles. The fourth-order valence-corrected chi connectivity index (χ4v) is 1.93. The van der Waals surface area contributed by atoms with Gasteiger partial charge in [0.1, 0.15) is 5.82 Å². The smallest absolute Gasteiger partial charge is 0.399 e. The molecular weight excluding hydrogens is 275 g/mol. The maximum atomic E-state index is 8.69. The molecule has 0 aromatic carbocycles. The molecule has 2 aliphatic rings. The SMILES string of the molecule is [2H]c1nc(N2C([2H])([2H])C([2H])([2H])C([2H])([2H])C([2H])(C([2H])([2H])[2H])C2([2H])[2H])c([2H])c(B2OC(C)(C)C(C)(C)O2)c1[2H]. The summed E-state index contributed by atoms with van der Waals surface area (Å²) < 4.78 is 135. The van der Waals surface area contributed by atoms with Gasteiger partial charge in [-0.1, -0.05) is 6.85 Å². The zero-order valence-corrected chi connectivity index (χ0v) is 12.8. The van der Waals surface area contributed by atoms with E-state index in [9.17, 15) is 0 Å². The summed E-state index contributed by atoms with van der Waals surface area (Å²) in [5.74, 6) is -5.05. The summed E-state index contributed by atoms with van der Waals surface area (Å²) in [5, 5.41) is 0. The number of rotatable bonds is 2. The van der Waals surface area contributed by atoms with Gasteiger partial charge >= 0.3 is 7.12 Å². The third-order valence-electron chi connectivity index (χ3n) is 3.88. The predicted molar refractivity (Wildman–Crippen MR) is 90.6 cm³/mol. The molecule has 0 N–H and O–H groups in total. The van der Waals surface area contributed by atoms with Gasteiger partial charge in [-0.05, 0) is 63.9 Å². The van der Waals surface area contributed by atoms with Crippen LogP contribution in [0.5, 0.6) is 0 Å². The molecule has 1 aromatic rings. The summed E-state index contributed by atoms with van der Waals surface area (Å²) in [5.41, 5.74) is -2.44. The van der Waals surface area contributed by atoms with Crippen LogP contribution in [-0.2, 0) is 9.31 Å². The lowest BCUT2D eigenvalue weighted by Crippen LogP contribution is -2.41. The maximum absolute atomic E-state index is 8.69. The maximum Gasteiger partial charge on any atom is 0.495 e. The van der Waals surface area contributed by atoms with Crippen LogP contribution < -0.4 is 10.4 Å². The van der Waals surface area contributed by atoms with E-state index in [4.69, 9.17) is 29.9 Å². The van der Waals surface area contributed by atoms with Crippen LogP contribution in [0.3, 0.4) is 0 Å². The van der Waals surface area contributed by atoms with Crippen molar-refractivity contribution in [3.63, 3.8) is 0 Å². The molecule has 3 heterocycles. The number of hydrogen-bond acceptors (Lipinski definition) is 4. The molecule has 2 saturated heterocycles. The molecule has 1 atom stereocenters. The number of aromatic nitrogens is 1. The lowest BCUT2D eigenvalue weighted by atomic mass is 9.79. The van der Waals surface area contributed by atoms with Crippen molar-refractivity contribution in [2.45, 2.75) is 58.5 Å². The van der Waals surface area contributed by atoms with E-state index < -0.39 is 86.3 Å². The third kappa shape index (κ3) is 2.89. The van der Waals surface area contributed by atoms with Gasteiger partial charge in [-0.15, -0.1) is 0 Å². The standard InChI is InChI=1S/C17H27BN2O2/c1-13-7-6-10-20(12-13)15-11-14(8-9-19-15)18-21-16(2,3)17(4,5)22-18/h8-9,11,13H,6-7,10,12H2,1-5H3/i1D3,6D2,7D2,8D,9D,10D2,11D,12D2,13D. The average Bonchev–Trinajstić information content (AvgIpc) is 2.89. The van der Waals surface area contributed by atoms with Crippen LogP contribution in [0, 0.1) is 5.89 Å². The van der Waals surface area contributed by atoms with E-state index >= 15 is 0 Å². The quantitative estimate of drug-likeness (QED) is 0.786. The Morgan fingerprint density at radius 2 is 2.18 bits per heavy atom. The van der Waals surface area contributed by atoms with E-state index in [0.717, 1.165) is 0 Å². The van der Waals surface area contributed by atoms with Crippen molar-refractivity contribution in [2.75, 3.05) is 17.9 Å². The van der Waals surface area contributed by atoms with Crippen molar-refractivity contribution in [3.05, 3.63) is 18.3 Å². The average molecular weight is 317 g/mol. The summed E-state index contributed by atoms with van der Waals surface area (Å²) >= 11 is 0. The van der Waals surface area contributed by atoms with Crippen LogP contribution >= 0.6 is 0 Å². The van der Waals surface area contributed by atoms with Gasteiger partial charge in [-0.25, -0.2) is 4.98 Å². The van der Waals surface area contributed by atoms with E-state index in [0.29, 0.717) is 0 Å². The minimum absolute atomic E-state index is 0.213. The van der Waals surface area contributed by atoms with E-state index in [1.807, 2.05) is 0 Å². The van der Waals surface area contributed by atoms with Crippen molar-refractivity contribution in [1.29, 1.82) is 0 Å². The lowest BCUT2D eigenvalue weighted by molar-refractivity contribution is 0.00578. The molecule has 0 bridgehead atoms. The highest BCUT2D eigenvalue weighted by Crippen LogP contribution is 2.36. The molecule has 5 heteroatoms. The molecule has 3 rings (SSSR count). The van der Waals surface area contributed by atoms with E-state index in [-0.39, 0.29) is 4.90 Å². The molecular formula is C17H27BN2O2. The van der Waals surface area contributed by atoms with Crippen molar-refractivity contribution >= 4 is 18.4 Å². The van der Waals surface area contributed by atoms with Crippen LogP contribution in [0.2, 0.25) is 0 Å². The highest BCUT2D eigenvalue weighted by molar-refractivity contribution is 6.62. The summed E-state index contributed by atoms with van der Waals surface area (Å²) in [6, 6.07) is -1.62. The Labute approximate surface area is 155 Å². The second-order valence-electron chi connectivity index (χ2n) is 5.98. The summed E-state index contributed by atoms with van der Waals surface area (Å²) in [6.45, 7) is -4.79. The van der Waals surface area contributed by atoms with Gasteiger partial charge in [0.15, 0.2) is 0 Å². The number of anilines is 1. The molecule has 2 aliphatic heterocycles. The van der Waals surface area contributed by atoms with E-state index in [2.05, 4.69) is 4.98 Å². The minimum atomic E-state index is -3.94. The molecule has 1 unspecified atom stereocenters. The first-order valence-corrected chi connectivity index (χ1v) is 6.79. The fraction of sp³-hybridized carbons (Fsp3) is 0.706. The van der Waals surface area contributed by atoms with Gasteiger partial charge in [0, 0.05) is 35.6 Å². The third-order valence-corrected chi connectivity index (χ3v) is 3.88. The summed E-state index contributed by atoms with van der Waals surface area (Å²) in [4.78, 5) is 3.41. The van der Waals surface area contributed by atoms with Gasteiger partial charge in [0.25, 0.3) is 0 Å². The van der Waals surface area contributed by atoms with Crippen LogP contribution in [0.4, 0.5) is 5.82 Å². The molecule has 22 heavy (non-hydrogen) atoms. The summed E-state index contributed by atoms with van der Waals surface area (Å²) in [7, 11) is -1.48. The molecule has 4 nitrogen and oxygen atoms in total. The number of pyridine rings is 1. The second kappa shape index (κ2) is 5.53. The van der Waals surface area contributed by atoms with Crippen molar-refractivity contribution < 1.29 is 29.9 Å².